The van der Waals surface area contributed by atoms with Crippen molar-refractivity contribution in [2.45, 2.75) is 25.9 Å². The fourth-order valence-electron chi connectivity index (χ4n) is 1.69. The molecule has 1 heterocycles. The molecule has 0 aromatic rings. The van der Waals surface area contributed by atoms with Crippen molar-refractivity contribution < 1.29 is 17.9 Å². The summed E-state index contributed by atoms with van der Waals surface area (Å²) < 4.78 is 29.4. The number of ether oxygens (including phenoxy) is 1. The van der Waals surface area contributed by atoms with E-state index in [9.17, 15) is 13.2 Å². The molecule has 1 atom stereocenters. The molecule has 1 aliphatic rings. The standard InChI is InChI=1S/C10H20N2O4S/c1-3-9-8-12(6-7-16-9)10(13)4-5-11-17(2,14)15/h9,11H,3-8H2,1-2H3. The topological polar surface area (TPSA) is 75.7 Å². The van der Waals surface area contributed by atoms with Gasteiger partial charge in [0.05, 0.1) is 19.0 Å². The molecule has 17 heavy (non-hydrogen) atoms. The van der Waals surface area contributed by atoms with Crippen LogP contribution in [0.5, 0.6) is 0 Å². The first kappa shape index (κ1) is 14.4. The highest BCUT2D eigenvalue weighted by Crippen LogP contribution is 2.09. The van der Waals surface area contributed by atoms with E-state index in [1.165, 1.54) is 0 Å². The monoisotopic (exact) mass is 264 g/mol. The maximum Gasteiger partial charge on any atom is 0.224 e. The Balaban J connectivity index is 2.32. The van der Waals surface area contributed by atoms with E-state index in [1.807, 2.05) is 6.92 Å². The fourth-order valence-corrected chi connectivity index (χ4v) is 2.17. The Hall–Kier alpha value is -0.660. The average molecular weight is 264 g/mol. The van der Waals surface area contributed by atoms with Crippen LogP contribution in [0, 0.1) is 0 Å². The minimum absolute atomic E-state index is 0.0251. The Bertz CT molecular complexity index is 355. The Morgan fingerprint density at radius 3 is 2.82 bits per heavy atom. The van der Waals surface area contributed by atoms with Gasteiger partial charge in [0, 0.05) is 26.1 Å². The lowest BCUT2D eigenvalue weighted by atomic mass is 10.2. The minimum atomic E-state index is -3.21. The van der Waals surface area contributed by atoms with Crippen LogP contribution in [0.2, 0.25) is 0 Å². The van der Waals surface area contributed by atoms with E-state index in [2.05, 4.69) is 4.72 Å². The molecule has 6 nitrogen and oxygen atoms in total. The van der Waals surface area contributed by atoms with Gasteiger partial charge in [0.15, 0.2) is 0 Å². The molecule has 0 radical (unpaired) electrons. The first-order chi connectivity index (χ1) is 7.92. The molecule has 1 N–H and O–H groups in total. The Morgan fingerprint density at radius 2 is 2.24 bits per heavy atom. The number of rotatable bonds is 5. The van der Waals surface area contributed by atoms with Crippen LogP contribution in [0.3, 0.4) is 0 Å². The lowest BCUT2D eigenvalue weighted by molar-refractivity contribution is -0.138. The number of hydrogen-bond donors (Lipinski definition) is 1. The largest absolute Gasteiger partial charge is 0.375 e. The maximum atomic E-state index is 11.8. The van der Waals surface area contributed by atoms with E-state index in [4.69, 9.17) is 4.74 Å². The molecule has 1 fully saturated rings. The van der Waals surface area contributed by atoms with Gasteiger partial charge in [0.1, 0.15) is 0 Å². The van der Waals surface area contributed by atoms with E-state index in [0.29, 0.717) is 19.7 Å². The van der Waals surface area contributed by atoms with Gasteiger partial charge in [-0.2, -0.15) is 0 Å². The number of carbonyl (C=O) groups is 1. The normalized spacial score (nSPS) is 21.5. The molecular formula is C10H20N2O4S. The van der Waals surface area contributed by atoms with Gasteiger partial charge in [-0.25, -0.2) is 13.1 Å². The van der Waals surface area contributed by atoms with Crippen LogP contribution in [-0.2, 0) is 19.6 Å². The van der Waals surface area contributed by atoms with Crippen LogP contribution in [0.15, 0.2) is 0 Å². The van der Waals surface area contributed by atoms with Gasteiger partial charge in [-0.1, -0.05) is 6.92 Å². The fraction of sp³-hybridized carbons (Fsp3) is 0.900. The molecule has 1 amide bonds. The Kier molecular flexibility index (Phi) is 5.35. The SMILES string of the molecule is CCC1CN(C(=O)CCNS(C)(=O)=O)CCO1. The minimum Gasteiger partial charge on any atom is -0.375 e. The lowest BCUT2D eigenvalue weighted by Gasteiger charge is -2.32. The van der Waals surface area contributed by atoms with Gasteiger partial charge < -0.3 is 9.64 Å². The average Bonchev–Trinajstić information content (AvgIpc) is 2.27. The van der Waals surface area contributed by atoms with Crippen molar-refractivity contribution in [3.8, 4) is 0 Å². The van der Waals surface area contributed by atoms with E-state index in [1.54, 1.807) is 4.90 Å². The van der Waals surface area contributed by atoms with Crippen molar-refractivity contribution in [2.24, 2.45) is 0 Å². The van der Waals surface area contributed by atoms with E-state index in [0.717, 1.165) is 12.7 Å². The van der Waals surface area contributed by atoms with Crippen LogP contribution in [-0.4, -0.2) is 57.8 Å². The second kappa shape index (κ2) is 6.32. The number of nitrogens with one attached hydrogen (secondary N) is 1. The second-order valence-corrected chi connectivity index (χ2v) is 5.99. The van der Waals surface area contributed by atoms with Crippen molar-refractivity contribution in [1.29, 1.82) is 0 Å². The first-order valence-electron chi connectivity index (χ1n) is 5.76. The third-order valence-corrected chi connectivity index (χ3v) is 3.38. The van der Waals surface area contributed by atoms with Crippen molar-refractivity contribution in [2.75, 3.05) is 32.5 Å². The number of sulfonamides is 1. The summed E-state index contributed by atoms with van der Waals surface area (Å²) >= 11 is 0. The summed E-state index contributed by atoms with van der Waals surface area (Å²) in [4.78, 5) is 13.5. The predicted molar refractivity (Wildman–Crippen MR) is 64.1 cm³/mol. The van der Waals surface area contributed by atoms with Gasteiger partial charge in [-0.05, 0) is 6.42 Å². The molecule has 0 aromatic carbocycles. The molecule has 1 unspecified atom stereocenters. The van der Waals surface area contributed by atoms with Crippen LogP contribution in [0.4, 0.5) is 0 Å². The second-order valence-electron chi connectivity index (χ2n) is 4.16. The zero-order valence-corrected chi connectivity index (χ0v) is 11.1. The quantitative estimate of drug-likeness (QED) is 0.730. The Labute approximate surface area is 102 Å². The van der Waals surface area contributed by atoms with Gasteiger partial charge in [-0.3, -0.25) is 4.79 Å². The van der Waals surface area contributed by atoms with Crippen LogP contribution < -0.4 is 4.72 Å². The van der Waals surface area contributed by atoms with Crippen molar-refractivity contribution in [3.63, 3.8) is 0 Å². The molecule has 1 saturated heterocycles. The molecule has 0 spiro atoms. The third-order valence-electron chi connectivity index (χ3n) is 2.65. The molecule has 0 bridgehead atoms. The molecule has 0 saturated carbocycles. The Morgan fingerprint density at radius 1 is 1.53 bits per heavy atom. The number of morpholine rings is 1. The number of amides is 1. The number of carbonyl (C=O) groups excluding carboxylic acids is 1. The summed E-state index contributed by atoms with van der Waals surface area (Å²) in [6.45, 7) is 3.93. The van der Waals surface area contributed by atoms with Crippen molar-refractivity contribution in [3.05, 3.63) is 0 Å². The van der Waals surface area contributed by atoms with Gasteiger partial charge >= 0.3 is 0 Å². The lowest BCUT2D eigenvalue weighted by Crippen LogP contribution is -2.46. The zero-order chi connectivity index (χ0) is 12.9. The molecule has 0 aromatic heterocycles. The van der Waals surface area contributed by atoms with Gasteiger partial charge in [0.25, 0.3) is 0 Å². The summed E-state index contributed by atoms with van der Waals surface area (Å²) in [5.74, 6) is -0.0251. The summed E-state index contributed by atoms with van der Waals surface area (Å²) in [6, 6.07) is 0. The zero-order valence-electron chi connectivity index (χ0n) is 10.3. The van der Waals surface area contributed by atoms with Gasteiger partial charge in [0.2, 0.25) is 15.9 Å². The van der Waals surface area contributed by atoms with Crippen LogP contribution in [0.1, 0.15) is 19.8 Å². The van der Waals surface area contributed by atoms with Crippen molar-refractivity contribution in [1.82, 2.24) is 9.62 Å². The van der Waals surface area contributed by atoms with E-state index < -0.39 is 10.0 Å². The smallest absolute Gasteiger partial charge is 0.224 e. The number of nitrogens with zero attached hydrogens (tertiary/aromatic N) is 1. The van der Waals surface area contributed by atoms with Crippen molar-refractivity contribution >= 4 is 15.9 Å². The molecule has 100 valence electrons. The highest BCUT2D eigenvalue weighted by molar-refractivity contribution is 7.88. The summed E-state index contributed by atoms with van der Waals surface area (Å²) in [5.41, 5.74) is 0. The predicted octanol–water partition coefficient (Wildman–Crippen LogP) is -0.437. The molecule has 7 heteroatoms. The van der Waals surface area contributed by atoms with Gasteiger partial charge in [-0.15, -0.1) is 0 Å². The summed E-state index contributed by atoms with van der Waals surface area (Å²) in [7, 11) is -3.21. The summed E-state index contributed by atoms with van der Waals surface area (Å²) in [6.07, 6.45) is 2.27. The molecule has 1 rings (SSSR count). The first-order valence-corrected chi connectivity index (χ1v) is 7.65. The highest BCUT2D eigenvalue weighted by Gasteiger charge is 2.22. The summed E-state index contributed by atoms with van der Waals surface area (Å²) in [5, 5.41) is 0. The number of hydrogen-bond acceptors (Lipinski definition) is 4. The van der Waals surface area contributed by atoms with Crippen LogP contribution >= 0.6 is 0 Å². The van der Waals surface area contributed by atoms with E-state index >= 15 is 0 Å². The van der Waals surface area contributed by atoms with E-state index in [-0.39, 0.29) is 25.0 Å². The third kappa shape index (κ3) is 5.47. The molecule has 0 aliphatic carbocycles. The molecular weight excluding hydrogens is 244 g/mol. The van der Waals surface area contributed by atoms with Crippen LogP contribution in [0.25, 0.3) is 0 Å². The maximum absolute atomic E-state index is 11.8. The molecule has 1 aliphatic heterocycles. The highest BCUT2D eigenvalue weighted by atomic mass is 32.2.